The summed E-state index contributed by atoms with van der Waals surface area (Å²) in [7, 11) is 0. The maximum Gasteiger partial charge on any atom is 0.417 e. The predicted molar refractivity (Wildman–Crippen MR) is 192 cm³/mol. The molecule has 0 aliphatic carbocycles. The van der Waals surface area contributed by atoms with Crippen molar-refractivity contribution in [3.8, 4) is 0 Å². The molecule has 48 heavy (non-hydrogen) atoms. The topological polar surface area (TPSA) is 86.5 Å². The minimum Gasteiger partial charge on any atom is -0.450 e. The molecule has 0 amide bonds. The van der Waals surface area contributed by atoms with Gasteiger partial charge in [0.25, 0.3) is 0 Å². The van der Waals surface area contributed by atoms with E-state index < -0.39 is 24.1 Å². The number of aryl methyl sites for hydroxylation is 2. The number of nitrogens with zero attached hydrogens (tertiary/aromatic N) is 2. The number of hydrogen-bond donors (Lipinski definition) is 2. The monoisotopic (exact) mass is 642 g/mol. The third-order valence-electron chi connectivity index (χ3n) is 9.19. The highest BCUT2D eigenvalue weighted by Crippen LogP contribution is 2.27. The zero-order chi connectivity index (χ0) is 33.6. The molecule has 0 saturated carbocycles. The molecule has 0 aliphatic heterocycles. The first-order chi connectivity index (χ1) is 23.3. The van der Waals surface area contributed by atoms with Gasteiger partial charge < -0.3 is 29.2 Å². The number of hydrogen-bond acceptors (Lipinski definition) is 6. The van der Waals surface area contributed by atoms with Crippen molar-refractivity contribution in [2.24, 2.45) is 0 Å². The van der Waals surface area contributed by atoms with E-state index in [-0.39, 0.29) is 0 Å². The number of benzene rings is 4. The highest BCUT2D eigenvalue weighted by Gasteiger charge is 2.28. The minimum atomic E-state index is -1.02. The number of ether oxygens (including phenoxy) is 2. The van der Waals surface area contributed by atoms with Gasteiger partial charge in [-0.15, -0.1) is 0 Å². The molecule has 246 valence electrons. The van der Waals surface area contributed by atoms with Gasteiger partial charge in [0, 0.05) is 44.6 Å². The van der Waals surface area contributed by atoms with Gasteiger partial charge in [0.15, 0.2) is 0 Å². The number of fused-ring (bicyclic) bond motifs is 2. The Labute approximate surface area is 281 Å². The van der Waals surface area contributed by atoms with Gasteiger partial charge in [-0.1, -0.05) is 72.8 Å². The van der Waals surface area contributed by atoms with Crippen LogP contribution in [0.25, 0.3) is 21.8 Å². The van der Waals surface area contributed by atoms with Crippen molar-refractivity contribution in [3.63, 3.8) is 0 Å². The molecule has 4 aromatic carbocycles. The van der Waals surface area contributed by atoms with Gasteiger partial charge in [0.2, 0.25) is 0 Å². The predicted octanol–water partition coefficient (Wildman–Crippen LogP) is 7.58. The molecule has 2 aromatic heterocycles. The van der Waals surface area contributed by atoms with Gasteiger partial charge in [-0.25, -0.2) is 9.59 Å². The van der Waals surface area contributed by atoms with Crippen LogP contribution in [0.1, 0.15) is 22.5 Å². The maximum atomic E-state index is 13.5. The third-order valence-corrected chi connectivity index (χ3v) is 9.19. The molecule has 0 saturated heterocycles. The first-order valence-electron chi connectivity index (χ1n) is 16.4. The Morgan fingerprint density at radius 1 is 0.542 bits per heavy atom. The number of esters is 2. The summed E-state index contributed by atoms with van der Waals surface area (Å²) < 4.78 is 16.2. The van der Waals surface area contributed by atoms with Crippen LogP contribution in [0.15, 0.2) is 109 Å². The van der Waals surface area contributed by atoms with Gasteiger partial charge in [-0.2, -0.15) is 0 Å². The van der Waals surface area contributed by atoms with Crippen molar-refractivity contribution in [1.82, 2.24) is 9.13 Å². The molecule has 0 aliphatic rings. The summed E-state index contributed by atoms with van der Waals surface area (Å²) >= 11 is 0. The molecule has 2 unspecified atom stereocenters. The molecule has 0 bridgehead atoms. The Hall–Kier alpha value is -5.50. The quantitative estimate of drug-likeness (QED) is 0.106. The molecule has 2 N–H and O–H groups in total. The number of carbonyl (C=O) groups excluding carboxylic acids is 2. The summed E-state index contributed by atoms with van der Waals surface area (Å²) in [4.78, 5) is 27.0. The van der Waals surface area contributed by atoms with Crippen molar-refractivity contribution in [1.29, 1.82) is 0 Å². The van der Waals surface area contributed by atoms with E-state index in [1.807, 2.05) is 84.9 Å². The highest BCUT2D eigenvalue weighted by molar-refractivity contribution is 6.29. The lowest BCUT2D eigenvalue weighted by Gasteiger charge is -2.23. The van der Waals surface area contributed by atoms with Crippen LogP contribution < -0.4 is 10.6 Å². The average Bonchev–Trinajstić information content (AvgIpc) is 3.50. The van der Waals surface area contributed by atoms with E-state index in [1.165, 1.54) is 11.1 Å². The first-order valence-corrected chi connectivity index (χ1v) is 16.4. The maximum absolute atomic E-state index is 13.5. The van der Waals surface area contributed by atoms with E-state index in [0.29, 0.717) is 26.2 Å². The summed E-state index contributed by atoms with van der Waals surface area (Å²) in [6.45, 7) is 9.66. The molecule has 2 atom stereocenters. The Morgan fingerprint density at radius 3 is 1.29 bits per heavy atom. The van der Waals surface area contributed by atoms with Gasteiger partial charge >= 0.3 is 11.9 Å². The van der Waals surface area contributed by atoms with Gasteiger partial charge in [0.05, 0.1) is 26.2 Å². The van der Waals surface area contributed by atoms with Crippen LogP contribution in [0.4, 0.5) is 11.4 Å². The largest absolute Gasteiger partial charge is 0.450 e. The third kappa shape index (κ3) is 7.08. The SMILES string of the molecule is Cc1c(C)n(CC(CNc2ccccc2)OC(=O)C(=O)OC(CNc2ccccc2)Cn2c(C)c(C)c3ccccc32)c2ccccc12. The number of nitrogens with one attached hydrogen (secondary N) is 2. The second kappa shape index (κ2) is 14.5. The summed E-state index contributed by atoms with van der Waals surface area (Å²) in [5.41, 5.74) is 8.38. The van der Waals surface area contributed by atoms with Crippen molar-refractivity contribution >= 4 is 45.1 Å². The van der Waals surface area contributed by atoms with E-state index in [0.717, 1.165) is 44.6 Å². The van der Waals surface area contributed by atoms with E-state index >= 15 is 0 Å². The molecule has 0 fully saturated rings. The van der Waals surface area contributed by atoms with E-state index in [9.17, 15) is 9.59 Å². The lowest BCUT2D eigenvalue weighted by Crippen LogP contribution is -2.37. The number of aromatic nitrogens is 2. The second-order valence-corrected chi connectivity index (χ2v) is 12.2. The number of anilines is 2. The Morgan fingerprint density at radius 2 is 0.896 bits per heavy atom. The summed E-state index contributed by atoms with van der Waals surface area (Å²) in [5.74, 6) is -2.04. The number of carbonyl (C=O) groups is 2. The van der Waals surface area contributed by atoms with Crippen LogP contribution in [-0.2, 0) is 32.2 Å². The molecule has 8 nitrogen and oxygen atoms in total. The van der Waals surface area contributed by atoms with Crippen LogP contribution in [0, 0.1) is 27.7 Å². The van der Waals surface area contributed by atoms with Gasteiger partial charge in [-0.3, -0.25) is 0 Å². The molecule has 6 rings (SSSR count). The lowest BCUT2D eigenvalue weighted by atomic mass is 10.2. The number of rotatable bonds is 12. The first kappa shape index (κ1) is 32.4. The summed E-state index contributed by atoms with van der Waals surface area (Å²) in [6, 6.07) is 35.8. The second-order valence-electron chi connectivity index (χ2n) is 12.2. The number of para-hydroxylation sites is 4. The van der Waals surface area contributed by atoms with E-state index in [2.05, 4.69) is 71.7 Å². The molecule has 6 aromatic rings. The van der Waals surface area contributed by atoms with Crippen LogP contribution in [-0.4, -0.2) is 46.4 Å². The molecule has 0 spiro atoms. The van der Waals surface area contributed by atoms with Gasteiger partial charge in [0.1, 0.15) is 12.2 Å². The molecule has 0 radical (unpaired) electrons. The zero-order valence-electron chi connectivity index (χ0n) is 27.9. The minimum absolute atomic E-state index is 0.306. The van der Waals surface area contributed by atoms with Crippen molar-refractivity contribution < 1.29 is 19.1 Å². The van der Waals surface area contributed by atoms with Gasteiger partial charge in [-0.05, 0) is 75.2 Å². The van der Waals surface area contributed by atoms with Crippen molar-refractivity contribution in [3.05, 3.63) is 132 Å². The van der Waals surface area contributed by atoms with Crippen LogP contribution in [0.2, 0.25) is 0 Å². The molecule has 2 heterocycles. The molecular formula is C40H42N4O4. The Kier molecular flexibility index (Phi) is 9.80. The molecular weight excluding hydrogens is 600 g/mol. The van der Waals surface area contributed by atoms with Crippen molar-refractivity contribution in [2.75, 3.05) is 23.7 Å². The fourth-order valence-corrected chi connectivity index (χ4v) is 6.35. The normalized spacial score (nSPS) is 12.5. The summed E-state index contributed by atoms with van der Waals surface area (Å²) in [5, 5.41) is 9.02. The smallest absolute Gasteiger partial charge is 0.417 e. The highest BCUT2D eigenvalue weighted by atomic mass is 16.6. The fourth-order valence-electron chi connectivity index (χ4n) is 6.35. The van der Waals surface area contributed by atoms with E-state index in [4.69, 9.17) is 9.47 Å². The standard InChI is InChI=1S/C40H42N4O4/c1-27-29(3)43(37-21-13-11-19-35(27)37)25-33(23-41-31-15-7-5-8-16-31)47-39(45)40(46)48-34(24-42-32-17-9-6-10-18-32)26-44-30(4)28(2)36-20-12-14-22-38(36)44/h5-22,33-34,41-42H,23-26H2,1-4H3. The van der Waals surface area contributed by atoms with Crippen LogP contribution in [0.3, 0.4) is 0 Å². The fraction of sp³-hybridized carbons (Fsp3) is 0.250. The van der Waals surface area contributed by atoms with Crippen molar-refractivity contribution in [2.45, 2.75) is 53.0 Å². The molecule has 8 heteroatoms. The lowest BCUT2D eigenvalue weighted by molar-refractivity contribution is -0.174. The zero-order valence-corrected chi connectivity index (χ0v) is 27.9. The Balaban J connectivity index is 1.22. The summed E-state index contributed by atoms with van der Waals surface area (Å²) in [6.07, 6.45) is -1.31. The van der Waals surface area contributed by atoms with Crippen LogP contribution >= 0.6 is 0 Å². The Bertz CT molecular complexity index is 1880. The van der Waals surface area contributed by atoms with Crippen LogP contribution in [0.5, 0.6) is 0 Å². The van der Waals surface area contributed by atoms with E-state index in [1.54, 1.807) is 0 Å². The average molecular weight is 643 g/mol.